The fraction of sp³-hybridized carbons (Fsp3) is 0.368. The summed E-state index contributed by atoms with van der Waals surface area (Å²) in [7, 11) is 0. The highest BCUT2D eigenvalue weighted by molar-refractivity contribution is 7.20. The van der Waals surface area contributed by atoms with Gasteiger partial charge in [-0.1, -0.05) is 37.1 Å². The molecule has 4 nitrogen and oxygen atoms in total. The number of fused-ring (bicyclic) bond motifs is 1. The molecule has 25 heavy (non-hydrogen) atoms. The molecule has 2 heterocycles. The number of nitrogens with zero attached hydrogens (tertiary/aromatic N) is 2. The number of nitrogens with one attached hydrogen (secondary N) is 1. The second-order valence-corrected chi connectivity index (χ2v) is 7.83. The Labute approximate surface area is 156 Å². The van der Waals surface area contributed by atoms with Crippen LogP contribution in [0.25, 0.3) is 10.2 Å². The molecule has 3 rings (SSSR count). The van der Waals surface area contributed by atoms with Gasteiger partial charge in [-0.3, -0.25) is 9.48 Å². The number of aryl methyl sites for hydroxylation is 1. The zero-order chi connectivity index (χ0) is 18.0. The van der Waals surface area contributed by atoms with E-state index >= 15 is 0 Å². The third-order valence-electron chi connectivity index (χ3n) is 4.18. The van der Waals surface area contributed by atoms with Gasteiger partial charge in [-0.15, -0.1) is 11.3 Å². The van der Waals surface area contributed by atoms with Crippen molar-refractivity contribution in [3.05, 3.63) is 51.5 Å². The van der Waals surface area contributed by atoms with Crippen molar-refractivity contribution in [2.45, 2.75) is 46.2 Å². The molecular weight excluding hydrogens is 354 g/mol. The Morgan fingerprint density at radius 3 is 2.76 bits per heavy atom. The smallest absolute Gasteiger partial charge is 0.261 e. The molecule has 2 aromatic heterocycles. The minimum atomic E-state index is -0.000377. The topological polar surface area (TPSA) is 46.9 Å². The predicted molar refractivity (Wildman–Crippen MR) is 105 cm³/mol. The van der Waals surface area contributed by atoms with Crippen molar-refractivity contribution in [1.29, 1.82) is 0 Å². The molecule has 1 N–H and O–H groups in total. The van der Waals surface area contributed by atoms with Gasteiger partial charge in [0, 0.05) is 16.5 Å². The van der Waals surface area contributed by atoms with Crippen molar-refractivity contribution < 1.29 is 4.79 Å². The molecule has 0 spiro atoms. The van der Waals surface area contributed by atoms with Gasteiger partial charge >= 0.3 is 0 Å². The molecule has 1 aromatic carbocycles. The van der Waals surface area contributed by atoms with Gasteiger partial charge in [0.2, 0.25) is 0 Å². The molecular formula is C19H22ClN3OS. The van der Waals surface area contributed by atoms with Crippen LogP contribution in [0.4, 0.5) is 0 Å². The first-order valence-corrected chi connectivity index (χ1v) is 9.69. The zero-order valence-electron chi connectivity index (χ0n) is 14.7. The molecule has 0 aliphatic heterocycles. The molecule has 1 amide bonds. The second kappa shape index (κ2) is 7.58. The van der Waals surface area contributed by atoms with Crippen LogP contribution in [0.15, 0.2) is 30.3 Å². The maximum atomic E-state index is 12.5. The minimum absolute atomic E-state index is 0.000377. The number of benzene rings is 1. The lowest BCUT2D eigenvalue weighted by molar-refractivity contribution is 0.0942. The molecule has 132 valence electrons. The first-order chi connectivity index (χ1) is 12.0. The molecule has 0 fully saturated rings. The van der Waals surface area contributed by atoms with Crippen molar-refractivity contribution in [2.24, 2.45) is 0 Å². The lowest BCUT2D eigenvalue weighted by Gasteiger charge is -2.11. The van der Waals surface area contributed by atoms with Gasteiger partial charge in [0.25, 0.3) is 5.91 Å². The number of rotatable bonds is 6. The monoisotopic (exact) mass is 375 g/mol. The van der Waals surface area contributed by atoms with Crippen LogP contribution >= 0.6 is 22.9 Å². The summed E-state index contributed by atoms with van der Waals surface area (Å²) in [6.07, 6.45) is 2.04. The van der Waals surface area contributed by atoms with E-state index in [-0.39, 0.29) is 11.9 Å². The van der Waals surface area contributed by atoms with Crippen LogP contribution in [-0.4, -0.2) is 21.7 Å². The van der Waals surface area contributed by atoms with Crippen LogP contribution in [0.3, 0.4) is 0 Å². The number of carbonyl (C=O) groups excluding carboxylic acids is 1. The van der Waals surface area contributed by atoms with Crippen molar-refractivity contribution >= 4 is 39.1 Å². The highest BCUT2D eigenvalue weighted by Crippen LogP contribution is 2.29. The zero-order valence-corrected chi connectivity index (χ0v) is 16.2. The second-order valence-electron chi connectivity index (χ2n) is 6.36. The number of halogens is 1. The van der Waals surface area contributed by atoms with Gasteiger partial charge in [0.1, 0.15) is 4.83 Å². The van der Waals surface area contributed by atoms with Crippen LogP contribution in [0.1, 0.15) is 47.6 Å². The predicted octanol–water partition coefficient (Wildman–Crippen LogP) is 5.03. The number of carbonyl (C=O) groups is 1. The van der Waals surface area contributed by atoms with Gasteiger partial charge in [-0.25, -0.2) is 0 Å². The van der Waals surface area contributed by atoms with E-state index in [0.717, 1.165) is 44.2 Å². The van der Waals surface area contributed by atoms with Gasteiger partial charge in [-0.05, 0) is 44.0 Å². The Morgan fingerprint density at radius 1 is 1.36 bits per heavy atom. The molecule has 0 saturated heterocycles. The molecule has 0 bridgehead atoms. The van der Waals surface area contributed by atoms with Gasteiger partial charge in [0.15, 0.2) is 0 Å². The minimum Gasteiger partial charge on any atom is -0.349 e. The van der Waals surface area contributed by atoms with E-state index in [9.17, 15) is 4.79 Å². The number of thiophene rings is 1. The third-order valence-corrected chi connectivity index (χ3v) is 5.58. The van der Waals surface area contributed by atoms with Crippen LogP contribution < -0.4 is 5.32 Å². The van der Waals surface area contributed by atoms with Crippen molar-refractivity contribution in [3.63, 3.8) is 0 Å². The van der Waals surface area contributed by atoms with Crippen LogP contribution in [-0.2, 0) is 6.54 Å². The SMILES string of the molecule is CCC[C@@H](C)NC(=O)c1cc2c(C)nn(Cc3ccc(Cl)cc3)c2s1. The van der Waals surface area contributed by atoms with Crippen molar-refractivity contribution in [3.8, 4) is 0 Å². The highest BCUT2D eigenvalue weighted by Gasteiger charge is 2.17. The Kier molecular flexibility index (Phi) is 5.45. The first-order valence-electron chi connectivity index (χ1n) is 8.50. The Morgan fingerprint density at radius 2 is 2.08 bits per heavy atom. The number of hydrogen-bond donors (Lipinski definition) is 1. The summed E-state index contributed by atoms with van der Waals surface area (Å²) in [5.74, 6) is -0.000377. The van der Waals surface area contributed by atoms with E-state index in [2.05, 4.69) is 17.3 Å². The largest absolute Gasteiger partial charge is 0.349 e. The standard InChI is InChI=1S/C19H22ClN3OS/c1-4-5-12(2)21-18(24)17-10-16-13(3)22-23(19(16)25-17)11-14-6-8-15(20)9-7-14/h6-10,12H,4-5,11H2,1-3H3,(H,21,24)/t12-/m1/s1. The molecule has 1 atom stereocenters. The maximum absolute atomic E-state index is 12.5. The lowest BCUT2D eigenvalue weighted by Crippen LogP contribution is -2.31. The summed E-state index contributed by atoms with van der Waals surface area (Å²) in [5, 5.41) is 9.46. The Hall–Kier alpha value is -1.85. The van der Waals surface area contributed by atoms with E-state index < -0.39 is 0 Å². The van der Waals surface area contributed by atoms with Crippen LogP contribution in [0, 0.1) is 6.92 Å². The van der Waals surface area contributed by atoms with Crippen LogP contribution in [0.5, 0.6) is 0 Å². The van der Waals surface area contributed by atoms with E-state index in [0.29, 0.717) is 6.54 Å². The first kappa shape index (κ1) is 18.0. The quantitative estimate of drug-likeness (QED) is 0.657. The number of amides is 1. The lowest BCUT2D eigenvalue weighted by atomic mass is 10.2. The summed E-state index contributed by atoms with van der Waals surface area (Å²) in [6.45, 7) is 6.81. The maximum Gasteiger partial charge on any atom is 0.261 e. The van der Waals surface area contributed by atoms with Crippen LogP contribution in [0.2, 0.25) is 5.02 Å². The van der Waals surface area contributed by atoms with Gasteiger partial charge < -0.3 is 5.32 Å². The van der Waals surface area contributed by atoms with E-state index in [4.69, 9.17) is 11.6 Å². The van der Waals surface area contributed by atoms with Gasteiger partial charge in [-0.2, -0.15) is 5.10 Å². The van der Waals surface area contributed by atoms with Crippen molar-refractivity contribution in [1.82, 2.24) is 15.1 Å². The fourth-order valence-electron chi connectivity index (χ4n) is 2.89. The Balaban J connectivity index is 1.85. The summed E-state index contributed by atoms with van der Waals surface area (Å²) >= 11 is 7.45. The van der Waals surface area contributed by atoms with E-state index in [1.807, 2.05) is 48.9 Å². The van der Waals surface area contributed by atoms with E-state index in [1.54, 1.807) is 0 Å². The average molecular weight is 376 g/mol. The van der Waals surface area contributed by atoms with Gasteiger partial charge in [0.05, 0.1) is 17.1 Å². The summed E-state index contributed by atoms with van der Waals surface area (Å²) in [6, 6.07) is 9.90. The Bertz CT molecular complexity index is 882. The van der Waals surface area contributed by atoms with E-state index in [1.165, 1.54) is 11.3 Å². The molecule has 3 aromatic rings. The average Bonchev–Trinajstić information content (AvgIpc) is 3.12. The molecule has 6 heteroatoms. The molecule has 0 unspecified atom stereocenters. The molecule has 0 aliphatic rings. The summed E-state index contributed by atoms with van der Waals surface area (Å²) < 4.78 is 1.96. The third kappa shape index (κ3) is 4.05. The van der Waals surface area contributed by atoms with Crippen molar-refractivity contribution in [2.75, 3.05) is 0 Å². The fourth-order valence-corrected chi connectivity index (χ4v) is 4.08. The molecule has 0 radical (unpaired) electrons. The number of aromatic nitrogens is 2. The molecule has 0 aliphatic carbocycles. The summed E-state index contributed by atoms with van der Waals surface area (Å²) in [4.78, 5) is 14.2. The number of hydrogen-bond acceptors (Lipinski definition) is 3. The normalized spacial score (nSPS) is 12.5. The highest BCUT2D eigenvalue weighted by atomic mass is 35.5. The molecule has 0 saturated carbocycles. The summed E-state index contributed by atoms with van der Waals surface area (Å²) in [5.41, 5.74) is 2.07.